The van der Waals surface area contributed by atoms with E-state index in [1.807, 2.05) is 42.5 Å². The topological polar surface area (TPSA) is 84.6 Å². The Labute approximate surface area is 176 Å². The predicted octanol–water partition coefficient (Wildman–Crippen LogP) is 3.53. The van der Waals surface area contributed by atoms with Crippen molar-refractivity contribution in [1.29, 1.82) is 0 Å². The second-order valence-corrected chi connectivity index (χ2v) is 6.19. The molecule has 0 aliphatic heterocycles. The summed E-state index contributed by atoms with van der Waals surface area (Å²) in [4.78, 5) is 20.0. The van der Waals surface area contributed by atoms with Crippen LogP contribution in [0, 0.1) is 0 Å². The summed E-state index contributed by atoms with van der Waals surface area (Å²) in [5, 5.41) is 3.98. The number of methoxy groups -OCH3 is 2. The van der Waals surface area contributed by atoms with Crippen LogP contribution >= 0.6 is 0 Å². The van der Waals surface area contributed by atoms with E-state index in [0.717, 1.165) is 34.6 Å². The lowest BCUT2D eigenvalue weighted by Crippen LogP contribution is -2.20. The number of amides is 1. The summed E-state index contributed by atoms with van der Waals surface area (Å²) in [6, 6.07) is 13.2. The average molecular weight is 406 g/mol. The summed E-state index contributed by atoms with van der Waals surface area (Å²) in [7, 11) is 3.23. The van der Waals surface area contributed by atoms with E-state index in [-0.39, 0.29) is 12.5 Å². The summed E-state index contributed by atoms with van der Waals surface area (Å²) in [6.45, 7) is 5.57. The van der Waals surface area contributed by atoms with E-state index in [2.05, 4.69) is 34.2 Å². The minimum Gasteiger partial charge on any atom is -0.497 e. The zero-order valence-corrected chi connectivity index (χ0v) is 17.5. The Hall–Kier alpha value is -3.74. The van der Waals surface area contributed by atoms with Gasteiger partial charge in [-0.25, -0.2) is 5.43 Å². The number of nitrogens with one attached hydrogen (secondary N) is 1. The fourth-order valence-electron chi connectivity index (χ4n) is 2.56. The number of benzene rings is 2. The number of hydrogen-bond acceptors (Lipinski definition) is 6. The molecule has 0 unspecified atom stereocenters. The number of ether oxygens (including phenoxy) is 2. The SMILES string of the molecule is C=N/C(=C\C=NCC(=O)N/N=C/c1cc(CC)cc(OC)c1)c1ccc(OC)cc1. The van der Waals surface area contributed by atoms with Gasteiger partial charge < -0.3 is 9.47 Å². The smallest absolute Gasteiger partial charge is 0.261 e. The monoisotopic (exact) mass is 406 g/mol. The molecule has 1 amide bonds. The molecule has 0 atom stereocenters. The highest BCUT2D eigenvalue weighted by molar-refractivity contribution is 5.88. The number of carbonyl (C=O) groups is 1. The lowest BCUT2D eigenvalue weighted by molar-refractivity contribution is -0.119. The number of hydrazone groups is 1. The molecule has 0 saturated heterocycles. The van der Waals surface area contributed by atoms with Gasteiger partial charge in [0.15, 0.2) is 0 Å². The molecule has 0 bridgehead atoms. The maximum atomic E-state index is 11.9. The number of aryl methyl sites for hydroxylation is 1. The first-order chi connectivity index (χ1) is 14.6. The van der Waals surface area contributed by atoms with Crippen LogP contribution in [0.4, 0.5) is 0 Å². The largest absolute Gasteiger partial charge is 0.497 e. The Bertz CT molecular complexity index is 925. The minimum atomic E-state index is -0.327. The van der Waals surface area contributed by atoms with Crippen LogP contribution in [0.3, 0.4) is 0 Å². The lowest BCUT2D eigenvalue weighted by atomic mass is 10.1. The maximum Gasteiger partial charge on any atom is 0.261 e. The molecule has 0 aliphatic rings. The van der Waals surface area contributed by atoms with E-state index in [0.29, 0.717) is 5.70 Å². The molecule has 2 aromatic carbocycles. The molecule has 0 heterocycles. The van der Waals surface area contributed by atoms with Crippen LogP contribution in [-0.2, 0) is 11.2 Å². The van der Waals surface area contributed by atoms with Gasteiger partial charge in [-0.1, -0.05) is 6.92 Å². The third kappa shape index (κ3) is 7.01. The van der Waals surface area contributed by atoms with Crippen LogP contribution in [0.1, 0.15) is 23.6 Å². The van der Waals surface area contributed by atoms with Crippen LogP contribution in [0.15, 0.2) is 63.6 Å². The van der Waals surface area contributed by atoms with Gasteiger partial charge in [0.05, 0.1) is 26.1 Å². The Morgan fingerprint density at radius 3 is 2.47 bits per heavy atom. The van der Waals surface area contributed by atoms with E-state index < -0.39 is 0 Å². The zero-order valence-electron chi connectivity index (χ0n) is 17.5. The van der Waals surface area contributed by atoms with Gasteiger partial charge >= 0.3 is 0 Å². The number of nitrogens with zero attached hydrogens (tertiary/aromatic N) is 3. The lowest BCUT2D eigenvalue weighted by Gasteiger charge is -2.04. The Balaban J connectivity index is 1.90. The number of aliphatic imine (C=N–C) groups is 2. The fourth-order valence-corrected chi connectivity index (χ4v) is 2.56. The number of rotatable bonds is 10. The molecule has 0 aromatic heterocycles. The van der Waals surface area contributed by atoms with E-state index >= 15 is 0 Å². The molecule has 30 heavy (non-hydrogen) atoms. The van der Waals surface area contributed by atoms with Crippen LogP contribution in [0.25, 0.3) is 5.70 Å². The molecule has 1 N–H and O–H groups in total. The van der Waals surface area contributed by atoms with Crippen LogP contribution in [0.2, 0.25) is 0 Å². The number of allylic oxidation sites excluding steroid dienone is 1. The van der Waals surface area contributed by atoms with Gasteiger partial charge in [-0.3, -0.25) is 14.8 Å². The first-order valence-corrected chi connectivity index (χ1v) is 9.40. The van der Waals surface area contributed by atoms with Gasteiger partial charge in [0.1, 0.15) is 18.0 Å². The molecule has 0 aliphatic carbocycles. The second-order valence-electron chi connectivity index (χ2n) is 6.19. The first-order valence-electron chi connectivity index (χ1n) is 9.40. The third-order valence-electron chi connectivity index (χ3n) is 4.16. The standard InChI is InChI=1S/C23H26N4O3/c1-5-17-12-18(14-21(13-17)30-4)15-26-27-23(28)16-25-11-10-22(24-2)19-6-8-20(29-3)9-7-19/h6-15H,2,5,16H2,1,3-4H3,(H,27,28)/b22-10-,25-11?,26-15+. The fraction of sp³-hybridized carbons (Fsp3) is 0.217. The predicted molar refractivity (Wildman–Crippen MR) is 122 cm³/mol. The van der Waals surface area contributed by atoms with Gasteiger partial charge in [-0.2, -0.15) is 5.10 Å². The van der Waals surface area contributed by atoms with E-state index in [1.165, 1.54) is 6.21 Å². The zero-order chi connectivity index (χ0) is 21.8. The van der Waals surface area contributed by atoms with Crippen molar-refractivity contribution in [2.24, 2.45) is 15.1 Å². The molecule has 0 radical (unpaired) electrons. The van der Waals surface area contributed by atoms with Crippen molar-refractivity contribution < 1.29 is 14.3 Å². The van der Waals surface area contributed by atoms with E-state index in [1.54, 1.807) is 26.5 Å². The van der Waals surface area contributed by atoms with Gasteiger partial charge in [0, 0.05) is 11.8 Å². The molecule has 0 saturated carbocycles. The van der Waals surface area contributed by atoms with Crippen LogP contribution in [-0.4, -0.2) is 45.8 Å². The molecule has 156 valence electrons. The second kappa shape index (κ2) is 12.0. The van der Waals surface area contributed by atoms with Crippen LogP contribution < -0.4 is 14.9 Å². The summed E-state index contributed by atoms with van der Waals surface area (Å²) in [5.41, 5.74) is 5.95. The summed E-state index contributed by atoms with van der Waals surface area (Å²) in [5.74, 6) is 1.18. The van der Waals surface area contributed by atoms with Crippen molar-refractivity contribution in [2.45, 2.75) is 13.3 Å². The first kappa shape index (κ1) is 22.5. The van der Waals surface area contributed by atoms with Crippen LogP contribution in [0.5, 0.6) is 11.5 Å². The van der Waals surface area contributed by atoms with Gasteiger partial charge in [0.2, 0.25) is 0 Å². The highest BCUT2D eigenvalue weighted by Crippen LogP contribution is 2.19. The molecule has 7 heteroatoms. The molecule has 0 spiro atoms. The highest BCUT2D eigenvalue weighted by Gasteiger charge is 2.01. The van der Waals surface area contributed by atoms with Crippen molar-refractivity contribution in [2.75, 3.05) is 20.8 Å². The average Bonchev–Trinajstić information content (AvgIpc) is 2.79. The third-order valence-corrected chi connectivity index (χ3v) is 4.16. The summed E-state index contributed by atoms with van der Waals surface area (Å²) >= 11 is 0. The maximum absolute atomic E-state index is 11.9. The Morgan fingerprint density at radius 2 is 1.83 bits per heavy atom. The molecule has 2 aromatic rings. The van der Waals surface area contributed by atoms with Crippen molar-refractivity contribution in [3.05, 3.63) is 65.2 Å². The quantitative estimate of drug-likeness (QED) is 0.484. The minimum absolute atomic E-state index is 0.0564. The van der Waals surface area contributed by atoms with Gasteiger partial charge in [0.25, 0.3) is 5.91 Å². The highest BCUT2D eigenvalue weighted by atomic mass is 16.5. The molecular formula is C23H26N4O3. The van der Waals surface area contributed by atoms with Crippen molar-refractivity contribution >= 4 is 30.8 Å². The molecule has 2 rings (SSSR count). The summed E-state index contributed by atoms with van der Waals surface area (Å²) < 4.78 is 10.4. The van der Waals surface area contributed by atoms with Gasteiger partial charge in [-0.15, -0.1) is 0 Å². The summed E-state index contributed by atoms with van der Waals surface area (Å²) in [6.07, 6.45) is 5.67. The van der Waals surface area contributed by atoms with Gasteiger partial charge in [-0.05, 0) is 72.8 Å². The molecule has 7 nitrogen and oxygen atoms in total. The molecule has 0 fully saturated rings. The van der Waals surface area contributed by atoms with Crippen molar-refractivity contribution in [3.8, 4) is 11.5 Å². The van der Waals surface area contributed by atoms with E-state index in [4.69, 9.17) is 9.47 Å². The molecular weight excluding hydrogens is 380 g/mol. The van der Waals surface area contributed by atoms with Crippen molar-refractivity contribution in [1.82, 2.24) is 5.43 Å². The number of hydrogen-bond donors (Lipinski definition) is 1. The van der Waals surface area contributed by atoms with E-state index in [9.17, 15) is 4.79 Å². The Kier molecular flexibility index (Phi) is 8.99. The van der Waals surface area contributed by atoms with Crippen molar-refractivity contribution in [3.63, 3.8) is 0 Å². The normalized spacial score (nSPS) is 11.6. The number of carbonyl (C=O) groups excluding carboxylic acids is 1. The Morgan fingerprint density at radius 1 is 1.10 bits per heavy atom.